The van der Waals surface area contributed by atoms with Crippen molar-refractivity contribution in [1.29, 1.82) is 0 Å². The van der Waals surface area contributed by atoms with Gasteiger partial charge in [0.1, 0.15) is 5.82 Å². The van der Waals surface area contributed by atoms with Gasteiger partial charge >= 0.3 is 0 Å². The molecule has 3 rings (SSSR count). The van der Waals surface area contributed by atoms with E-state index in [2.05, 4.69) is 28.0 Å². The molecule has 1 fully saturated rings. The zero-order valence-corrected chi connectivity index (χ0v) is 9.37. The number of imidazole rings is 1. The van der Waals surface area contributed by atoms with Crippen LogP contribution in [0.3, 0.4) is 0 Å². The molecule has 2 atom stereocenters. The molecule has 1 N–H and O–H groups in total. The maximum absolute atomic E-state index is 4.64. The van der Waals surface area contributed by atoms with E-state index in [9.17, 15) is 0 Å². The number of nitrogens with one attached hydrogen (secondary N) is 1. The van der Waals surface area contributed by atoms with Gasteiger partial charge < -0.3 is 9.88 Å². The normalized spacial score (nSPS) is 30.5. The molecular weight excluding hydrogens is 186 g/mol. The number of hydrogen-bond acceptors (Lipinski definition) is 2. The number of rotatable bonds is 1. The van der Waals surface area contributed by atoms with Gasteiger partial charge in [0, 0.05) is 30.9 Å². The zero-order chi connectivity index (χ0) is 10.3. The SMILES string of the molecule is CC1CCn2c(cnc2C2CCNC2)C1. The van der Waals surface area contributed by atoms with E-state index in [1.807, 2.05) is 0 Å². The number of fused-ring (bicyclic) bond motifs is 1. The maximum Gasteiger partial charge on any atom is 0.113 e. The first-order valence-corrected chi connectivity index (χ1v) is 6.09. The van der Waals surface area contributed by atoms with Crippen LogP contribution in [0.2, 0.25) is 0 Å². The highest BCUT2D eigenvalue weighted by molar-refractivity contribution is 5.13. The van der Waals surface area contributed by atoms with Gasteiger partial charge in [-0.15, -0.1) is 0 Å². The van der Waals surface area contributed by atoms with Crippen LogP contribution in [0.25, 0.3) is 0 Å². The van der Waals surface area contributed by atoms with Gasteiger partial charge in [-0.3, -0.25) is 0 Å². The van der Waals surface area contributed by atoms with Crippen LogP contribution in [0.5, 0.6) is 0 Å². The van der Waals surface area contributed by atoms with Crippen molar-refractivity contribution in [2.24, 2.45) is 5.92 Å². The fourth-order valence-corrected chi connectivity index (χ4v) is 2.86. The zero-order valence-electron chi connectivity index (χ0n) is 9.37. The molecule has 0 amide bonds. The molecule has 0 radical (unpaired) electrons. The number of aromatic nitrogens is 2. The monoisotopic (exact) mass is 205 g/mol. The fourth-order valence-electron chi connectivity index (χ4n) is 2.86. The van der Waals surface area contributed by atoms with E-state index in [4.69, 9.17) is 0 Å². The van der Waals surface area contributed by atoms with Crippen LogP contribution in [0.4, 0.5) is 0 Å². The Kier molecular flexibility index (Phi) is 2.28. The molecule has 2 aliphatic heterocycles. The second-order valence-electron chi connectivity index (χ2n) is 5.05. The van der Waals surface area contributed by atoms with Crippen molar-refractivity contribution in [1.82, 2.24) is 14.9 Å². The molecule has 0 spiro atoms. The van der Waals surface area contributed by atoms with Crippen LogP contribution in [-0.4, -0.2) is 22.6 Å². The minimum atomic E-state index is 0.659. The summed E-state index contributed by atoms with van der Waals surface area (Å²) in [5.74, 6) is 2.83. The highest BCUT2D eigenvalue weighted by atomic mass is 15.1. The molecule has 82 valence electrons. The van der Waals surface area contributed by atoms with E-state index in [1.165, 1.54) is 37.3 Å². The number of nitrogens with zero attached hydrogens (tertiary/aromatic N) is 2. The molecule has 2 aliphatic rings. The lowest BCUT2D eigenvalue weighted by molar-refractivity contribution is 0.403. The molecule has 1 aromatic rings. The van der Waals surface area contributed by atoms with Crippen LogP contribution in [0, 0.1) is 5.92 Å². The van der Waals surface area contributed by atoms with Crippen LogP contribution in [0.15, 0.2) is 6.20 Å². The van der Waals surface area contributed by atoms with E-state index in [1.54, 1.807) is 0 Å². The first kappa shape index (κ1) is 9.40. The van der Waals surface area contributed by atoms with E-state index in [0.717, 1.165) is 19.0 Å². The Labute approximate surface area is 90.9 Å². The summed E-state index contributed by atoms with van der Waals surface area (Å²) in [7, 11) is 0. The Morgan fingerprint density at radius 2 is 2.40 bits per heavy atom. The lowest BCUT2D eigenvalue weighted by Crippen LogP contribution is -2.20. The molecular formula is C12H19N3. The summed E-state index contributed by atoms with van der Waals surface area (Å²) in [4.78, 5) is 4.64. The third kappa shape index (κ3) is 1.59. The molecule has 0 aliphatic carbocycles. The van der Waals surface area contributed by atoms with Crippen LogP contribution < -0.4 is 5.32 Å². The van der Waals surface area contributed by atoms with Gasteiger partial charge in [-0.2, -0.15) is 0 Å². The van der Waals surface area contributed by atoms with Crippen molar-refractivity contribution < 1.29 is 0 Å². The predicted molar refractivity (Wildman–Crippen MR) is 59.9 cm³/mol. The van der Waals surface area contributed by atoms with Gasteiger partial charge in [-0.05, 0) is 31.7 Å². The Morgan fingerprint density at radius 1 is 1.47 bits per heavy atom. The smallest absolute Gasteiger partial charge is 0.113 e. The molecule has 3 heteroatoms. The summed E-state index contributed by atoms with van der Waals surface area (Å²) in [6.07, 6.45) is 5.89. The van der Waals surface area contributed by atoms with Crippen LogP contribution in [0.1, 0.15) is 37.2 Å². The Bertz CT molecular complexity index is 350. The molecule has 3 heterocycles. The van der Waals surface area contributed by atoms with Crippen molar-refractivity contribution in [3.8, 4) is 0 Å². The molecule has 2 unspecified atom stereocenters. The summed E-state index contributed by atoms with van der Waals surface area (Å²) >= 11 is 0. The molecule has 0 aromatic carbocycles. The first-order valence-electron chi connectivity index (χ1n) is 6.09. The second-order valence-corrected chi connectivity index (χ2v) is 5.05. The number of hydrogen-bond donors (Lipinski definition) is 1. The van der Waals surface area contributed by atoms with E-state index < -0.39 is 0 Å². The van der Waals surface area contributed by atoms with E-state index >= 15 is 0 Å². The Hall–Kier alpha value is -0.830. The predicted octanol–water partition coefficient (Wildman–Crippen LogP) is 1.54. The van der Waals surface area contributed by atoms with Crippen molar-refractivity contribution in [3.63, 3.8) is 0 Å². The largest absolute Gasteiger partial charge is 0.332 e. The Balaban J connectivity index is 1.90. The highest BCUT2D eigenvalue weighted by Crippen LogP contribution is 2.27. The minimum absolute atomic E-state index is 0.659. The van der Waals surface area contributed by atoms with Gasteiger partial charge in [0.05, 0.1) is 0 Å². The molecule has 1 saturated heterocycles. The van der Waals surface area contributed by atoms with Crippen molar-refractivity contribution in [2.75, 3.05) is 13.1 Å². The lowest BCUT2D eigenvalue weighted by Gasteiger charge is -2.23. The van der Waals surface area contributed by atoms with E-state index in [0.29, 0.717) is 5.92 Å². The summed E-state index contributed by atoms with van der Waals surface area (Å²) in [5, 5.41) is 3.42. The molecule has 1 aromatic heterocycles. The molecule has 0 saturated carbocycles. The minimum Gasteiger partial charge on any atom is -0.332 e. The van der Waals surface area contributed by atoms with Crippen LogP contribution >= 0.6 is 0 Å². The fraction of sp³-hybridized carbons (Fsp3) is 0.750. The van der Waals surface area contributed by atoms with Crippen molar-refractivity contribution in [2.45, 2.75) is 38.6 Å². The Morgan fingerprint density at radius 3 is 3.20 bits per heavy atom. The van der Waals surface area contributed by atoms with Crippen LogP contribution in [-0.2, 0) is 13.0 Å². The highest BCUT2D eigenvalue weighted by Gasteiger charge is 2.25. The average Bonchev–Trinajstić information content (AvgIpc) is 2.82. The summed E-state index contributed by atoms with van der Waals surface area (Å²) in [5.41, 5.74) is 1.45. The van der Waals surface area contributed by atoms with Gasteiger partial charge in [-0.1, -0.05) is 6.92 Å². The van der Waals surface area contributed by atoms with Crippen molar-refractivity contribution >= 4 is 0 Å². The van der Waals surface area contributed by atoms with Gasteiger partial charge in [0.25, 0.3) is 0 Å². The summed E-state index contributed by atoms with van der Waals surface area (Å²) < 4.78 is 2.47. The quantitative estimate of drug-likeness (QED) is 0.753. The van der Waals surface area contributed by atoms with Gasteiger partial charge in [-0.25, -0.2) is 4.98 Å². The first-order chi connectivity index (χ1) is 7.34. The van der Waals surface area contributed by atoms with E-state index in [-0.39, 0.29) is 0 Å². The lowest BCUT2D eigenvalue weighted by atomic mass is 9.98. The third-order valence-electron chi connectivity index (χ3n) is 3.80. The average molecular weight is 205 g/mol. The molecule has 3 nitrogen and oxygen atoms in total. The summed E-state index contributed by atoms with van der Waals surface area (Å²) in [6.45, 7) is 5.80. The standard InChI is InChI=1S/C12H19N3/c1-9-3-5-15-11(6-9)8-14-12(15)10-2-4-13-7-10/h8-10,13H,2-7H2,1H3. The maximum atomic E-state index is 4.64. The van der Waals surface area contributed by atoms with Crippen molar-refractivity contribution in [3.05, 3.63) is 17.7 Å². The van der Waals surface area contributed by atoms with Gasteiger partial charge in [0.15, 0.2) is 0 Å². The second kappa shape index (κ2) is 3.63. The summed E-state index contributed by atoms with van der Waals surface area (Å²) in [6, 6.07) is 0. The van der Waals surface area contributed by atoms with Gasteiger partial charge in [0.2, 0.25) is 0 Å². The third-order valence-corrected chi connectivity index (χ3v) is 3.80. The topological polar surface area (TPSA) is 29.9 Å². The molecule has 0 bridgehead atoms. The molecule has 15 heavy (non-hydrogen) atoms.